The van der Waals surface area contributed by atoms with Gasteiger partial charge < -0.3 is 9.47 Å². The van der Waals surface area contributed by atoms with E-state index < -0.39 is 0 Å². The predicted octanol–water partition coefficient (Wildman–Crippen LogP) is 3.52. The van der Waals surface area contributed by atoms with Crippen molar-refractivity contribution in [2.75, 3.05) is 32.9 Å². The van der Waals surface area contributed by atoms with Gasteiger partial charge in [-0.1, -0.05) is 51.1 Å². The molecule has 1 saturated heterocycles. The summed E-state index contributed by atoms with van der Waals surface area (Å²) in [6.45, 7) is 11.7. The number of morpholine rings is 1. The molecular weight excluding hydrogens is 322 g/mol. The first kappa shape index (κ1) is 19.3. The topological polar surface area (TPSA) is 38.8 Å². The Hall–Kier alpha value is -1.04. The zero-order chi connectivity index (χ0) is 17.6. The van der Waals surface area contributed by atoms with Crippen molar-refractivity contribution in [3.05, 3.63) is 35.9 Å². The van der Waals surface area contributed by atoms with E-state index in [9.17, 15) is 4.79 Å². The number of esters is 1. The van der Waals surface area contributed by atoms with E-state index in [4.69, 9.17) is 9.47 Å². The molecule has 0 amide bonds. The Morgan fingerprint density at radius 2 is 1.88 bits per heavy atom. The summed E-state index contributed by atoms with van der Waals surface area (Å²) in [6, 6.07) is 10.0. The van der Waals surface area contributed by atoms with Crippen molar-refractivity contribution >= 4 is 17.7 Å². The fourth-order valence-electron chi connectivity index (χ4n) is 2.89. The second-order valence-corrected chi connectivity index (χ2v) is 8.88. The Morgan fingerprint density at radius 1 is 1.25 bits per heavy atom. The van der Waals surface area contributed by atoms with Gasteiger partial charge in [-0.15, -0.1) is 11.8 Å². The van der Waals surface area contributed by atoms with Gasteiger partial charge >= 0.3 is 5.97 Å². The van der Waals surface area contributed by atoms with Gasteiger partial charge in [-0.3, -0.25) is 9.69 Å². The van der Waals surface area contributed by atoms with Crippen LogP contribution in [0.1, 0.15) is 38.5 Å². The molecule has 0 spiro atoms. The average molecular weight is 352 g/mol. The third kappa shape index (κ3) is 5.50. The van der Waals surface area contributed by atoms with Crippen LogP contribution in [0, 0.1) is 0 Å². The number of hydrogen-bond acceptors (Lipinski definition) is 5. The van der Waals surface area contributed by atoms with E-state index in [2.05, 4.69) is 37.8 Å². The van der Waals surface area contributed by atoms with Gasteiger partial charge in [-0.05, 0) is 12.5 Å². The molecule has 5 heteroatoms. The van der Waals surface area contributed by atoms with Gasteiger partial charge in [0.1, 0.15) is 6.04 Å². The van der Waals surface area contributed by atoms with E-state index in [-0.39, 0.29) is 22.0 Å². The zero-order valence-corrected chi connectivity index (χ0v) is 16.0. The summed E-state index contributed by atoms with van der Waals surface area (Å²) in [6.07, 6.45) is 0. The predicted molar refractivity (Wildman–Crippen MR) is 99.3 cm³/mol. The molecule has 0 unspecified atom stereocenters. The molecule has 1 aliphatic rings. The van der Waals surface area contributed by atoms with Gasteiger partial charge in [0.05, 0.1) is 25.1 Å². The van der Waals surface area contributed by atoms with Crippen LogP contribution in [0.5, 0.6) is 0 Å². The Balaban J connectivity index is 2.36. The van der Waals surface area contributed by atoms with Crippen LogP contribution in [0.4, 0.5) is 0 Å². The molecule has 0 aliphatic carbocycles. The molecule has 0 aromatic heterocycles. The summed E-state index contributed by atoms with van der Waals surface area (Å²) in [5, 5.41) is 0.0309. The largest absolute Gasteiger partial charge is 0.465 e. The highest BCUT2D eigenvalue weighted by molar-refractivity contribution is 8.00. The second kappa shape index (κ2) is 8.88. The van der Waals surface area contributed by atoms with E-state index in [1.54, 1.807) is 0 Å². The standard InChI is InChI=1S/C19H29NO3S/c1-5-23-18(21)16(20-11-13-22-14-12-20)17(24-19(2,3)4)15-9-7-6-8-10-15/h6-10,16-17H,5,11-14H2,1-4H3/t16-,17-/m0/s1. The van der Waals surface area contributed by atoms with E-state index in [1.807, 2.05) is 36.9 Å². The number of carbonyl (C=O) groups excluding carboxylic acids is 1. The molecule has 0 saturated carbocycles. The summed E-state index contributed by atoms with van der Waals surface area (Å²) in [7, 11) is 0. The number of rotatable bonds is 6. The normalized spacial score (nSPS) is 18.8. The second-order valence-electron chi connectivity index (χ2n) is 6.91. The molecule has 24 heavy (non-hydrogen) atoms. The molecule has 1 aliphatic heterocycles. The van der Waals surface area contributed by atoms with Crippen molar-refractivity contribution in [1.82, 2.24) is 4.90 Å². The van der Waals surface area contributed by atoms with Crippen molar-refractivity contribution in [3.8, 4) is 0 Å². The lowest BCUT2D eigenvalue weighted by atomic mass is 10.0. The van der Waals surface area contributed by atoms with Crippen molar-refractivity contribution in [2.45, 2.75) is 43.7 Å². The Kier molecular flexibility index (Phi) is 7.14. The van der Waals surface area contributed by atoms with Crippen LogP contribution in [-0.4, -0.2) is 54.6 Å². The minimum absolute atomic E-state index is 0.0309. The minimum atomic E-state index is -0.291. The first-order valence-electron chi connectivity index (χ1n) is 8.63. The lowest BCUT2D eigenvalue weighted by Crippen LogP contribution is -2.50. The monoisotopic (exact) mass is 351 g/mol. The lowest BCUT2D eigenvalue weighted by Gasteiger charge is -2.39. The van der Waals surface area contributed by atoms with Crippen LogP contribution in [0.25, 0.3) is 0 Å². The van der Waals surface area contributed by atoms with Crippen LogP contribution in [0.2, 0.25) is 0 Å². The molecule has 4 nitrogen and oxygen atoms in total. The van der Waals surface area contributed by atoms with E-state index in [0.29, 0.717) is 19.8 Å². The summed E-state index contributed by atoms with van der Waals surface area (Å²) in [5.41, 5.74) is 1.17. The van der Waals surface area contributed by atoms with Gasteiger partial charge in [-0.2, -0.15) is 0 Å². The van der Waals surface area contributed by atoms with Crippen LogP contribution >= 0.6 is 11.8 Å². The van der Waals surface area contributed by atoms with Gasteiger partial charge in [0, 0.05) is 17.8 Å². The Labute approximate surface area is 149 Å². The minimum Gasteiger partial charge on any atom is -0.465 e. The van der Waals surface area contributed by atoms with Gasteiger partial charge in [0.15, 0.2) is 0 Å². The summed E-state index contributed by atoms with van der Waals surface area (Å²) in [4.78, 5) is 15.0. The molecule has 1 fully saturated rings. The summed E-state index contributed by atoms with van der Waals surface area (Å²) in [5.74, 6) is -0.134. The average Bonchev–Trinajstić information content (AvgIpc) is 2.55. The van der Waals surface area contributed by atoms with Gasteiger partial charge in [0.25, 0.3) is 0 Å². The molecule has 2 rings (SSSR count). The zero-order valence-electron chi connectivity index (χ0n) is 15.2. The molecule has 1 heterocycles. The molecular formula is C19H29NO3S. The first-order valence-corrected chi connectivity index (χ1v) is 9.51. The Bertz CT molecular complexity index is 509. The van der Waals surface area contributed by atoms with Crippen LogP contribution in [0.15, 0.2) is 30.3 Å². The first-order chi connectivity index (χ1) is 11.4. The quantitative estimate of drug-likeness (QED) is 0.733. The fourth-order valence-corrected chi connectivity index (χ4v) is 4.35. The molecule has 0 N–H and O–H groups in total. The van der Waals surface area contributed by atoms with Crippen LogP contribution in [0.3, 0.4) is 0 Å². The van der Waals surface area contributed by atoms with E-state index in [1.165, 1.54) is 5.56 Å². The van der Waals surface area contributed by atoms with E-state index in [0.717, 1.165) is 13.1 Å². The maximum absolute atomic E-state index is 12.8. The highest BCUT2D eigenvalue weighted by Gasteiger charge is 2.39. The summed E-state index contributed by atoms with van der Waals surface area (Å²) >= 11 is 1.83. The van der Waals surface area contributed by atoms with Gasteiger partial charge in [-0.25, -0.2) is 0 Å². The maximum Gasteiger partial charge on any atom is 0.324 e. The highest BCUT2D eigenvalue weighted by atomic mass is 32.2. The van der Waals surface area contributed by atoms with Crippen LogP contribution in [-0.2, 0) is 14.3 Å². The van der Waals surface area contributed by atoms with Crippen molar-refractivity contribution < 1.29 is 14.3 Å². The van der Waals surface area contributed by atoms with E-state index >= 15 is 0 Å². The van der Waals surface area contributed by atoms with Crippen molar-refractivity contribution in [3.63, 3.8) is 0 Å². The molecule has 0 bridgehead atoms. The number of hydrogen-bond donors (Lipinski definition) is 0. The van der Waals surface area contributed by atoms with Crippen molar-refractivity contribution in [1.29, 1.82) is 0 Å². The summed E-state index contributed by atoms with van der Waals surface area (Å²) < 4.78 is 11.0. The molecule has 1 aromatic carbocycles. The molecule has 0 radical (unpaired) electrons. The van der Waals surface area contributed by atoms with Crippen LogP contribution < -0.4 is 0 Å². The third-order valence-electron chi connectivity index (χ3n) is 3.86. The maximum atomic E-state index is 12.8. The number of benzene rings is 1. The SMILES string of the molecule is CCOC(=O)[C@H]([C@@H](SC(C)(C)C)c1ccccc1)N1CCOCC1. The highest BCUT2D eigenvalue weighted by Crippen LogP contribution is 2.42. The molecule has 2 atom stereocenters. The number of thioether (sulfide) groups is 1. The smallest absolute Gasteiger partial charge is 0.324 e. The number of nitrogens with zero attached hydrogens (tertiary/aromatic N) is 1. The lowest BCUT2D eigenvalue weighted by molar-refractivity contribution is -0.151. The number of ether oxygens (including phenoxy) is 2. The Morgan fingerprint density at radius 3 is 2.42 bits per heavy atom. The fraction of sp³-hybridized carbons (Fsp3) is 0.632. The molecule has 1 aromatic rings. The third-order valence-corrected chi connectivity index (χ3v) is 5.35. The van der Waals surface area contributed by atoms with Gasteiger partial charge in [0.2, 0.25) is 0 Å². The number of carbonyl (C=O) groups is 1. The molecule has 134 valence electrons. The van der Waals surface area contributed by atoms with Crippen molar-refractivity contribution in [2.24, 2.45) is 0 Å².